The van der Waals surface area contributed by atoms with Crippen LogP contribution in [0.25, 0.3) is 11.0 Å². The van der Waals surface area contributed by atoms with Crippen molar-refractivity contribution in [1.29, 1.82) is 0 Å². The molecule has 1 aliphatic rings. The van der Waals surface area contributed by atoms with Crippen LogP contribution in [-0.4, -0.2) is 40.0 Å². The van der Waals surface area contributed by atoms with Crippen molar-refractivity contribution in [2.24, 2.45) is 0 Å². The number of hydrogen-bond acceptors (Lipinski definition) is 4. The van der Waals surface area contributed by atoms with Gasteiger partial charge < -0.3 is 15.3 Å². The smallest absolute Gasteiger partial charge is 0.314 e. The minimum atomic E-state index is -0.619. The lowest BCUT2D eigenvalue weighted by atomic mass is 10.2. The van der Waals surface area contributed by atoms with Crippen LogP contribution in [0.2, 0.25) is 0 Å². The maximum Gasteiger partial charge on any atom is 0.314 e. The lowest BCUT2D eigenvalue weighted by Gasteiger charge is -2.21. The van der Waals surface area contributed by atoms with Crippen LogP contribution in [0.3, 0.4) is 0 Å². The monoisotopic (exact) mass is 288 g/mol. The van der Waals surface area contributed by atoms with Gasteiger partial charge in [-0.2, -0.15) is 0 Å². The maximum atomic E-state index is 11.4. The summed E-state index contributed by atoms with van der Waals surface area (Å²) in [6.45, 7) is 6.55. The van der Waals surface area contributed by atoms with Gasteiger partial charge in [0.05, 0.1) is 11.0 Å². The lowest BCUT2D eigenvalue weighted by Crippen LogP contribution is -2.31. The van der Waals surface area contributed by atoms with Gasteiger partial charge in [-0.05, 0) is 38.5 Å². The number of hydrogen-bond donors (Lipinski definition) is 3. The van der Waals surface area contributed by atoms with E-state index in [0.717, 1.165) is 25.2 Å². The molecule has 2 heterocycles. The van der Waals surface area contributed by atoms with Gasteiger partial charge in [0.15, 0.2) is 0 Å². The number of rotatable bonds is 3. The molecule has 6 nitrogen and oxygen atoms in total. The lowest BCUT2D eigenvalue weighted by molar-refractivity contribution is 0.274. The zero-order valence-corrected chi connectivity index (χ0v) is 12.3. The molecule has 1 aromatic heterocycles. The Labute approximate surface area is 122 Å². The number of benzene rings is 1. The molecule has 0 amide bonds. The third-order valence-electron chi connectivity index (χ3n) is 4.04. The topological polar surface area (TPSA) is 81.0 Å². The molecule has 3 N–H and O–H groups in total. The molecule has 3 rings (SSSR count). The predicted octanol–water partition coefficient (Wildman–Crippen LogP) is 1.11. The average molecular weight is 288 g/mol. The number of aromatic nitrogens is 2. The first-order valence-corrected chi connectivity index (χ1v) is 7.30. The normalized spacial score (nSPS) is 19.5. The fraction of sp³-hybridized carbons (Fsp3) is 0.467. The quantitative estimate of drug-likeness (QED) is 0.739. The van der Waals surface area contributed by atoms with Crippen LogP contribution < -0.4 is 16.4 Å². The molecule has 1 aromatic carbocycles. The molecule has 1 unspecified atom stereocenters. The van der Waals surface area contributed by atoms with E-state index in [1.165, 1.54) is 0 Å². The van der Waals surface area contributed by atoms with Crippen LogP contribution in [0.1, 0.15) is 20.3 Å². The van der Waals surface area contributed by atoms with Crippen molar-refractivity contribution in [1.82, 2.24) is 14.9 Å². The molecule has 21 heavy (non-hydrogen) atoms. The van der Waals surface area contributed by atoms with Crippen molar-refractivity contribution in [3.05, 3.63) is 38.9 Å². The van der Waals surface area contributed by atoms with Crippen LogP contribution in [0, 0.1) is 0 Å². The Kier molecular flexibility index (Phi) is 3.55. The number of likely N-dealkylation sites (tertiary alicyclic amines) is 1. The molecule has 1 atom stereocenters. The predicted molar refractivity (Wildman–Crippen MR) is 83.9 cm³/mol. The second-order valence-electron chi connectivity index (χ2n) is 5.89. The van der Waals surface area contributed by atoms with Crippen molar-refractivity contribution < 1.29 is 0 Å². The number of fused-ring (bicyclic) bond motifs is 1. The highest BCUT2D eigenvalue weighted by Crippen LogP contribution is 2.19. The summed E-state index contributed by atoms with van der Waals surface area (Å²) in [4.78, 5) is 30.3. The van der Waals surface area contributed by atoms with Crippen LogP contribution in [-0.2, 0) is 0 Å². The third-order valence-corrected chi connectivity index (χ3v) is 4.04. The Balaban J connectivity index is 1.81. The molecule has 1 fully saturated rings. The van der Waals surface area contributed by atoms with Crippen LogP contribution in [0.4, 0.5) is 5.69 Å². The van der Waals surface area contributed by atoms with E-state index in [1.54, 1.807) is 0 Å². The van der Waals surface area contributed by atoms with Crippen molar-refractivity contribution >= 4 is 16.7 Å². The Morgan fingerprint density at radius 1 is 1.19 bits per heavy atom. The molecule has 1 saturated heterocycles. The second kappa shape index (κ2) is 5.37. The largest absolute Gasteiger partial charge is 0.381 e. The minimum Gasteiger partial charge on any atom is -0.381 e. The van der Waals surface area contributed by atoms with Gasteiger partial charge in [0.25, 0.3) is 0 Å². The van der Waals surface area contributed by atoms with E-state index >= 15 is 0 Å². The molecule has 2 aromatic rings. The van der Waals surface area contributed by atoms with E-state index in [9.17, 15) is 9.59 Å². The van der Waals surface area contributed by atoms with E-state index in [1.807, 2.05) is 18.2 Å². The number of nitrogens with one attached hydrogen (secondary N) is 3. The molecule has 0 spiro atoms. The Morgan fingerprint density at radius 3 is 2.57 bits per heavy atom. The Hall–Kier alpha value is -2.08. The Morgan fingerprint density at radius 2 is 1.90 bits per heavy atom. The van der Waals surface area contributed by atoms with Crippen molar-refractivity contribution in [3.8, 4) is 0 Å². The van der Waals surface area contributed by atoms with Gasteiger partial charge in [-0.3, -0.25) is 14.5 Å². The molecule has 0 bridgehead atoms. The first kappa shape index (κ1) is 13.9. The van der Waals surface area contributed by atoms with E-state index in [-0.39, 0.29) is 0 Å². The van der Waals surface area contributed by atoms with Crippen LogP contribution in [0.15, 0.2) is 27.8 Å². The maximum absolute atomic E-state index is 11.4. The van der Waals surface area contributed by atoms with Crippen molar-refractivity contribution in [2.75, 3.05) is 18.4 Å². The number of nitrogens with zero attached hydrogens (tertiary/aromatic N) is 1. The second-order valence-corrected chi connectivity index (χ2v) is 5.89. The van der Waals surface area contributed by atoms with Gasteiger partial charge in [0.2, 0.25) is 0 Å². The Bertz CT molecular complexity index is 762. The highest BCUT2D eigenvalue weighted by molar-refractivity contribution is 5.78. The molecule has 112 valence electrons. The van der Waals surface area contributed by atoms with Crippen molar-refractivity contribution in [3.63, 3.8) is 0 Å². The zero-order valence-electron chi connectivity index (χ0n) is 12.3. The minimum absolute atomic E-state index is 0.416. The summed E-state index contributed by atoms with van der Waals surface area (Å²) in [6, 6.07) is 6.58. The highest BCUT2D eigenvalue weighted by Gasteiger charge is 2.23. The molecule has 6 heteroatoms. The summed E-state index contributed by atoms with van der Waals surface area (Å²) < 4.78 is 0. The number of anilines is 1. The first-order chi connectivity index (χ1) is 10.0. The third kappa shape index (κ3) is 2.85. The first-order valence-electron chi connectivity index (χ1n) is 7.30. The van der Waals surface area contributed by atoms with Crippen molar-refractivity contribution in [2.45, 2.75) is 32.4 Å². The molecule has 1 aliphatic heterocycles. The van der Waals surface area contributed by atoms with Gasteiger partial charge in [0, 0.05) is 30.9 Å². The van der Waals surface area contributed by atoms with Gasteiger partial charge in [-0.1, -0.05) is 0 Å². The van der Waals surface area contributed by atoms with Gasteiger partial charge in [-0.15, -0.1) is 0 Å². The fourth-order valence-corrected chi connectivity index (χ4v) is 2.81. The van der Waals surface area contributed by atoms with E-state index < -0.39 is 11.1 Å². The van der Waals surface area contributed by atoms with Crippen LogP contribution in [0.5, 0.6) is 0 Å². The molecule has 0 radical (unpaired) electrons. The number of aromatic amines is 2. The molecule has 0 saturated carbocycles. The summed E-state index contributed by atoms with van der Waals surface area (Å²) in [6.07, 6.45) is 1.11. The number of H-pyrrole nitrogens is 2. The van der Waals surface area contributed by atoms with Crippen LogP contribution >= 0.6 is 0 Å². The van der Waals surface area contributed by atoms with Gasteiger partial charge >= 0.3 is 11.1 Å². The zero-order chi connectivity index (χ0) is 15.0. The summed E-state index contributed by atoms with van der Waals surface area (Å²) >= 11 is 0. The van der Waals surface area contributed by atoms with Gasteiger partial charge in [0.1, 0.15) is 0 Å². The summed E-state index contributed by atoms with van der Waals surface area (Å²) in [7, 11) is 0. The standard InChI is InChI=1S/C15H20N4O2/c1-9(2)19-6-5-11(8-19)16-10-3-4-12-13(7-10)18-15(21)14(20)17-12/h3-4,7,9,11,16H,5-6,8H2,1-2H3,(H,17,20)(H,18,21). The summed E-state index contributed by atoms with van der Waals surface area (Å²) in [5.41, 5.74) is 1.00. The van der Waals surface area contributed by atoms with E-state index in [0.29, 0.717) is 23.1 Å². The van der Waals surface area contributed by atoms with Gasteiger partial charge in [-0.25, -0.2) is 0 Å². The average Bonchev–Trinajstić information content (AvgIpc) is 2.89. The van der Waals surface area contributed by atoms with E-state index in [2.05, 4.69) is 34.0 Å². The molecular formula is C15H20N4O2. The summed E-state index contributed by atoms with van der Waals surface area (Å²) in [5, 5.41) is 3.50. The SMILES string of the molecule is CC(C)N1CCC(Nc2ccc3[nH]c(=O)c(=O)[nH]c3c2)C1. The summed E-state index contributed by atoms with van der Waals surface area (Å²) in [5.74, 6) is 0. The molecule has 0 aliphatic carbocycles. The fourth-order valence-electron chi connectivity index (χ4n) is 2.81. The van der Waals surface area contributed by atoms with E-state index in [4.69, 9.17) is 0 Å². The highest BCUT2D eigenvalue weighted by atomic mass is 16.2. The molecular weight excluding hydrogens is 268 g/mol.